The molecule has 3 N–H and O–H groups in total. The zero-order valence-corrected chi connectivity index (χ0v) is 18.1. The van der Waals surface area contributed by atoms with E-state index in [9.17, 15) is 13.0 Å². The SMILES string of the molecule is Nc1c(/N=N/c2ccc(-c3cccc4ccccc34)nc2)cc(S(=O)(=O)O)c2ccccc12.[NaH]. The number of fused-ring (bicyclic) bond motifs is 2. The van der Waals surface area contributed by atoms with E-state index >= 15 is 0 Å². The third-order valence-corrected chi connectivity index (χ3v) is 6.28. The molecule has 0 aliphatic carbocycles. The number of aromatic nitrogens is 1. The molecule has 0 spiro atoms. The molecule has 7 nitrogen and oxygen atoms in total. The molecule has 0 radical (unpaired) electrons. The zero-order chi connectivity index (χ0) is 23.0. The molecule has 4 aromatic carbocycles. The number of pyridine rings is 1. The first-order chi connectivity index (χ1) is 15.9. The van der Waals surface area contributed by atoms with E-state index in [0.717, 1.165) is 22.0 Å². The van der Waals surface area contributed by atoms with Crippen molar-refractivity contribution in [2.75, 3.05) is 5.73 Å². The zero-order valence-electron chi connectivity index (χ0n) is 17.3. The third kappa shape index (κ3) is 4.59. The van der Waals surface area contributed by atoms with Crippen LogP contribution in [0.1, 0.15) is 0 Å². The number of hydrogen-bond donors (Lipinski definition) is 2. The van der Waals surface area contributed by atoms with Crippen LogP contribution in [0.3, 0.4) is 0 Å². The van der Waals surface area contributed by atoms with Gasteiger partial charge in [0, 0.05) is 16.3 Å². The standard InChI is InChI=1S/C25H18N4O3S.Na.H/c26-25-21-10-4-3-9-20(21)24(33(30,31)32)14-23(25)29-28-17-12-13-22(27-15-17)19-11-5-7-16-6-1-2-8-18(16)19;;/h1-15H,26H2,(H,30,31,32);;/b29-28+;;. The van der Waals surface area contributed by atoms with Crippen LogP contribution in [0.4, 0.5) is 17.1 Å². The number of nitrogens with two attached hydrogens (primary N) is 1. The number of rotatable bonds is 4. The molecule has 0 aliphatic rings. The van der Waals surface area contributed by atoms with E-state index in [2.05, 4.69) is 33.4 Å². The summed E-state index contributed by atoms with van der Waals surface area (Å²) in [7, 11) is -4.48. The Kier molecular flexibility index (Phi) is 6.79. The molecule has 0 amide bonds. The van der Waals surface area contributed by atoms with Gasteiger partial charge in [0.1, 0.15) is 16.3 Å². The number of hydrogen-bond acceptors (Lipinski definition) is 6. The van der Waals surface area contributed by atoms with Crippen LogP contribution in [-0.2, 0) is 10.1 Å². The summed E-state index contributed by atoms with van der Waals surface area (Å²) in [5, 5.41) is 11.3. The summed E-state index contributed by atoms with van der Waals surface area (Å²) in [5.74, 6) is 0. The number of benzene rings is 4. The van der Waals surface area contributed by atoms with Crippen molar-refractivity contribution >= 4 is 78.3 Å². The third-order valence-electron chi connectivity index (χ3n) is 5.39. The van der Waals surface area contributed by atoms with Gasteiger partial charge in [0.15, 0.2) is 0 Å². The molecule has 0 aliphatic heterocycles. The Bertz CT molecular complexity index is 1650. The normalized spacial score (nSPS) is 11.7. The summed E-state index contributed by atoms with van der Waals surface area (Å²) in [6.07, 6.45) is 1.58. The minimum absolute atomic E-state index is 0. The molecule has 1 aromatic heterocycles. The molecule has 34 heavy (non-hydrogen) atoms. The molecule has 0 saturated heterocycles. The van der Waals surface area contributed by atoms with Gasteiger partial charge >= 0.3 is 29.6 Å². The van der Waals surface area contributed by atoms with E-state index < -0.39 is 10.1 Å². The van der Waals surface area contributed by atoms with Gasteiger partial charge in [-0.25, -0.2) is 0 Å². The van der Waals surface area contributed by atoms with E-state index in [1.165, 1.54) is 6.07 Å². The number of nitrogens with zero attached hydrogens (tertiary/aromatic N) is 3. The Morgan fingerprint density at radius 1 is 0.794 bits per heavy atom. The number of nitrogen functional groups attached to an aromatic ring is 1. The molecule has 5 aromatic rings. The van der Waals surface area contributed by atoms with Gasteiger partial charge in [0.25, 0.3) is 10.1 Å². The average Bonchev–Trinajstić information content (AvgIpc) is 2.83. The Labute approximate surface area is 218 Å². The Morgan fingerprint density at radius 3 is 2.18 bits per heavy atom. The second kappa shape index (κ2) is 9.61. The average molecular weight is 479 g/mol. The van der Waals surface area contributed by atoms with Gasteiger partial charge in [-0.05, 0) is 29.0 Å². The molecule has 0 bridgehead atoms. The van der Waals surface area contributed by atoms with Crippen LogP contribution in [0.5, 0.6) is 0 Å². The van der Waals surface area contributed by atoms with Gasteiger partial charge in [-0.2, -0.15) is 8.42 Å². The topological polar surface area (TPSA) is 118 Å². The monoisotopic (exact) mass is 478 g/mol. The second-order valence-corrected chi connectivity index (χ2v) is 8.85. The van der Waals surface area contributed by atoms with E-state index in [1.807, 2.05) is 30.3 Å². The summed E-state index contributed by atoms with van der Waals surface area (Å²) in [6.45, 7) is 0. The molecule has 0 atom stereocenters. The van der Waals surface area contributed by atoms with Crippen molar-refractivity contribution in [3.05, 3.63) is 91.1 Å². The first-order valence-corrected chi connectivity index (χ1v) is 11.5. The van der Waals surface area contributed by atoms with Crippen molar-refractivity contribution < 1.29 is 13.0 Å². The van der Waals surface area contributed by atoms with Crippen molar-refractivity contribution in [1.82, 2.24) is 4.98 Å². The minimum atomic E-state index is -4.48. The summed E-state index contributed by atoms with van der Waals surface area (Å²) in [4.78, 5) is 4.25. The van der Waals surface area contributed by atoms with Gasteiger partial charge in [-0.15, -0.1) is 10.2 Å². The summed E-state index contributed by atoms with van der Waals surface area (Å²) >= 11 is 0. The Balaban J connectivity index is 0.00000274. The van der Waals surface area contributed by atoms with Crippen molar-refractivity contribution in [2.24, 2.45) is 10.2 Å². The maximum atomic E-state index is 11.9. The molecular formula is C25H19N4NaO3S. The maximum absolute atomic E-state index is 11.9. The van der Waals surface area contributed by atoms with Crippen LogP contribution in [0, 0.1) is 0 Å². The van der Waals surface area contributed by atoms with E-state index in [-0.39, 0.29) is 45.8 Å². The van der Waals surface area contributed by atoms with Gasteiger partial charge in [-0.3, -0.25) is 9.54 Å². The number of azo groups is 1. The van der Waals surface area contributed by atoms with E-state index in [1.54, 1.807) is 36.5 Å². The quantitative estimate of drug-likeness (QED) is 0.150. The van der Waals surface area contributed by atoms with Crippen LogP contribution in [-0.4, -0.2) is 47.5 Å². The van der Waals surface area contributed by atoms with Crippen molar-refractivity contribution in [2.45, 2.75) is 4.90 Å². The van der Waals surface area contributed by atoms with Crippen molar-refractivity contribution in [3.63, 3.8) is 0 Å². The molecule has 9 heteroatoms. The summed E-state index contributed by atoms with van der Waals surface area (Å²) in [6, 6.07) is 25.6. The molecule has 0 unspecified atom stereocenters. The van der Waals surface area contributed by atoms with Crippen molar-refractivity contribution in [3.8, 4) is 11.3 Å². The molecule has 164 valence electrons. The Morgan fingerprint density at radius 2 is 1.47 bits per heavy atom. The molecule has 1 heterocycles. The fraction of sp³-hybridized carbons (Fsp3) is 0. The van der Waals surface area contributed by atoms with Crippen LogP contribution >= 0.6 is 0 Å². The van der Waals surface area contributed by atoms with Crippen molar-refractivity contribution in [1.29, 1.82) is 0 Å². The molecule has 0 fully saturated rings. The predicted molar refractivity (Wildman–Crippen MR) is 137 cm³/mol. The molecule has 5 rings (SSSR count). The van der Waals surface area contributed by atoms with Crippen LogP contribution in [0.25, 0.3) is 32.8 Å². The molecule has 0 saturated carbocycles. The summed E-state index contributed by atoms with van der Waals surface area (Å²) < 4.78 is 33.4. The van der Waals surface area contributed by atoms with Crippen LogP contribution < -0.4 is 5.73 Å². The van der Waals surface area contributed by atoms with Gasteiger partial charge in [-0.1, -0.05) is 66.7 Å². The van der Waals surface area contributed by atoms with Gasteiger partial charge in [0.2, 0.25) is 0 Å². The van der Waals surface area contributed by atoms with Gasteiger partial charge < -0.3 is 5.73 Å². The predicted octanol–water partition coefficient (Wildman–Crippen LogP) is 5.65. The van der Waals surface area contributed by atoms with E-state index in [4.69, 9.17) is 5.73 Å². The van der Waals surface area contributed by atoms with Crippen LogP contribution in [0.2, 0.25) is 0 Å². The summed E-state index contributed by atoms with van der Waals surface area (Å²) in [5.41, 5.74) is 8.88. The fourth-order valence-electron chi connectivity index (χ4n) is 3.81. The van der Waals surface area contributed by atoms with Crippen LogP contribution in [0.15, 0.2) is 106 Å². The Hall–Kier alpha value is -3.14. The van der Waals surface area contributed by atoms with Gasteiger partial charge in [0.05, 0.1) is 17.6 Å². The first kappa shape index (κ1) is 24.0. The second-order valence-electron chi connectivity index (χ2n) is 7.46. The number of anilines is 1. The molecular weight excluding hydrogens is 459 g/mol. The van der Waals surface area contributed by atoms with E-state index in [0.29, 0.717) is 16.5 Å². The first-order valence-electron chi connectivity index (χ1n) is 10.1. The fourth-order valence-corrected chi connectivity index (χ4v) is 4.53.